The fourth-order valence-corrected chi connectivity index (χ4v) is 1.82. The van der Waals surface area contributed by atoms with E-state index in [0.29, 0.717) is 6.07 Å². The number of halogens is 5. The van der Waals surface area contributed by atoms with Crippen molar-refractivity contribution in [3.63, 3.8) is 0 Å². The van der Waals surface area contributed by atoms with Crippen molar-refractivity contribution in [2.45, 2.75) is 6.18 Å². The van der Waals surface area contributed by atoms with Crippen molar-refractivity contribution in [3.8, 4) is 0 Å². The third kappa shape index (κ3) is 2.69. The lowest BCUT2D eigenvalue weighted by molar-refractivity contribution is -0.138. The van der Waals surface area contributed by atoms with Crippen LogP contribution in [0.4, 0.5) is 13.2 Å². The molecule has 3 nitrogen and oxygen atoms in total. The fourth-order valence-electron chi connectivity index (χ4n) is 0.815. The van der Waals surface area contributed by atoms with Crippen LogP contribution in [0.5, 0.6) is 0 Å². The van der Waals surface area contributed by atoms with Gasteiger partial charge in [0, 0.05) is 0 Å². The Morgan fingerprint density at radius 2 is 1.93 bits per heavy atom. The van der Waals surface area contributed by atoms with Gasteiger partial charge < -0.3 is 5.11 Å². The van der Waals surface area contributed by atoms with Crippen LogP contribution in [0, 0.1) is 0 Å². The van der Waals surface area contributed by atoms with Crippen LogP contribution in [0.2, 0.25) is 0 Å². The van der Waals surface area contributed by atoms with Gasteiger partial charge in [-0.3, -0.25) is 0 Å². The zero-order chi connectivity index (χ0) is 11.8. The number of hydrogen-bond acceptors (Lipinski definition) is 2. The smallest absolute Gasteiger partial charge is 0.419 e. The van der Waals surface area contributed by atoms with Crippen LogP contribution in [0.1, 0.15) is 16.1 Å². The van der Waals surface area contributed by atoms with Gasteiger partial charge in [-0.15, -0.1) is 0 Å². The highest BCUT2D eigenvalue weighted by Crippen LogP contribution is 2.36. The molecule has 82 valence electrons. The molecule has 15 heavy (non-hydrogen) atoms. The molecule has 0 saturated heterocycles. The van der Waals surface area contributed by atoms with E-state index < -0.39 is 28.0 Å². The second kappa shape index (κ2) is 4.09. The van der Waals surface area contributed by atoms with Gasteiger partial charge in [-0.05, 0) is 37.9 Å². The average molecular weight is 349 g/mol. The number of aromatic nitrogens is 1. The lowest BCUT2D eigenvalue weighted by Gasteiger charge is -2.09. The van der Waals surface area contributed by atoms with E-state index in [-0.39, 0.29) is 4.47 Å². The van der Waals surface area contributed by atoms with Crippen molar-refractivity contribution in [2.75, 3.05) is 0 Å². The average Bonchev–Trinajstić information content (AvgIpc) is 2.06. The number of carboxylic acid groups (broad SMARTS) is 1. The van der Waals surface area contributed by atoms with Crippen molar-refractivity contribution in [3.05, 3.63) is 26.4 Å². The lowest BCUT2D eigenvalue weighted by atomic mass is 10.2. The van der Waals surface area contributed by atoms with Gasteiger partial charge in [0.15, 0.2) is 5.69 Å². The predicted octanol–water partition coefficient (Wildman–Crippen LogP) is 3.32. The first-order valence-electron chi connectivity index (χ1n) is 3.40. The molecule has 0 aliphatic carbocycles. The molecule has 1 aromatic rings. The molecule has 0 radical (unpaired) electrons. The summed E-state index contributed by atoms with van der Waals surface area (Å²) < 4.78 is 36.2. The number of pyridine rings is 1. The Bertz CT molecular complexity index is 419. The van der Waals surface area contributed by atoms with Crippen LogP contribution in [-0.2, 0) is 6.18 Å². The van der Waals surface area contributed by atoms with Gasteiger partial charge in [-0.2, -0.15) is 13.2 Å². The van der Waals surface area contributed by atoms with Crippen molar-refractivity contribution in [2.24, 2.45) is 0 Å². The van der Waals surface area contributed by atoms with Crippen molar-refractivity contribution < 1.29 is 23.1 Å². The number of carboxylic acids is 1. The first-order valence-corrected chi connectivity index (χ1v) is 4.98. The molecule has 1 heterocycles. The van der Waals surface area contributed by atoms with Gasteiger partial charge in [0.2, 0.25) is 0 Å². The van der Waals surface area contributed by atoms with E-state index in [0.717, 1.165) is 0 Å². The maximum Gasteiger partial charge on any atom is 0.419 e. The van der Waals surface area contributed by atoms with Crippen LogP contribution in [0.3, 0.4) is 0 Å². The zero-order valence-corrected chi connectivity index (χ0v) is 9.94. The molecular formula is C7H2Br2F3NO2. The normalized spacial score (nSPS) is 11.5. The number of alkyl halides is 3. The van der Waals surface area contributed by atoms with E-state index in [4.69, 9.17) is 5.11 Å². The van der Waals surface area contributed by atoms with Crippen LogP contribution in [-0.4, -0.2) is 16.1 Å². The first kappa shape index (κ1) is 12.4. The summed E-state index contributed by atoms with van der Waals surface area (Å²) in [6, 6.07) is 0.667. The largest absolute Gasteiger partial charge is 0.476 e. The van der Waals surface area contributed by atoms with E-state index in [1.807, 2.05) is 0 Å². The second-order valence-electron chi connectivity index (χ2n) is 2.46. The zero-order valence-electron chi connectivity index (χ0n) is 6.77. The van der Waals surface area contributed by atoms with Crippen molar-refractivity contribution in [1.29, 1.82) is 0 Å². The topological polar surface area (TPSA) is 50.2 Å². The molecule has 0 bridgehead atoms. The quantitative estimate of drug-likeness (QED) is 0.792. The maximum atomic E-state index is 12.3. The van der Waals surface area contributed by atoms with E-state index in [2.05, 4.69) is 36.8 Å². The summed E-state index contributed by atoms with van der Waals surface area (Å²) >= 11 is 5.28. The minimum atomic E-state index is -4.58. The molecule has 1 rings (SSSR count). The second-order valence-corrected chi connectivity index (χ2v) is 4.07. The molecular weight excluding hydrogens is 347 g/mol. The molecule has 1 N–H and O–H groups in total. The van der Waals surface area contributed by atoms with Crippen LogP contribution < -0.4 is 0 Å². The van der Waals surface area contributed by atoms with Gasteiger partial charge in [-0.25, -0.2) is 9.78 Å². The standard InChI is InChI=1S/C7H2Br2F3NO2/c8-3-1-2(7(10,11)12)5(9)13-4(3)6(14)15/h1H,(H,14,15). The molecule has 1 aromatic heterocycles. The number of carbonyl (C=O) groups is 1. The third-order valence-electron chi connectivity index (χ3n) is 1.44. The number of rotatable bonds is 1. The summed E-state index contributed by atoms with van der Waals surface area (Å²) in [5.41, 5.74) is -1.51. The number of hydrogen-bond donors (Lipinski definition) is 1. The minimum Gasteiger partial charge on any atom is -0.476 e. The SMILES string of the molecule is O=C(O)c1nc(Br)c(C(F)(F)F)cc1Br. The first-order chi connectivity index (χ1) is 6.73. The molecule has 0 atom stereocenters. The van der Waals surface area contributed by atoms with Gasteiger partial charge in [0.05, 0.1) is 10.0 Å². The van der Waals surface area contributed by atoms with E-state index >= 15 is 0 Å². The maximum absolute atomic E-state index is 12.3. The van der Waals surface area contributed by atoms with Gasteiger partial charge in [0.1, 0.15) is 4.60 Å². The summed E-state index contributed by atoms with van der Waals surface area (Å²) in [5.74, 6) is -1.41. The minimum absolute atomic E-state index is 0.217. The molecule has 0 spiro atoms. The van der Waals surface area contributed by atoms with Gasteiger partial charge in [0.25, 0.3) is 0 Å². The lowest BCUT2D eigenvalue weighted by Crippen LogP contribution is -2.10. The Morgan fingerprint density at radius 3 is 2.33 bits per heavy atom. The fraction of sp³-hybridized carbons (Fsp3) is 0.143. The van der Waals surface area contributed by atoms with Crippen LogP contribution in [0.25, 0.3) is 0 Å². The molecule has 0 saturated carbocycles. The molecule has 0 aliphatic heterocycles. The molecule has 0 amide bonds. The van der Waals surface area contributed by atoms with Gasteiger partial charge in [-0.1, -0.05) is 0 Å². The summed E-state index contributed by atoms with van der Waals surface area (Å²) in [6.07, 6.45) is -4.58. The Kier molecular flexibility index (Phi) is 3.39. The van der Waals surface area contributed by atoms with Crippen LogP contribution >= 0.6 is 31.9 Å². The molecule has 0 aliphatic rings. The summed E-state index contributed by atoms with van der Waals surface area (Å²) in [7, 11) is 0. The summed E-state index contributed by atoms with van der Waals surface area (Å²) in [6.45, 7) is 0. The molecule has 0 unspecified atom stereocenters. The Morgan fingerprint density at radius 1 is 1.40 bits per heavy atom. The van der Waals surface area contributed by atoms with E-state index in [1.54, 1.807) is 0 Å². The highest BCUT2D eigenvalue weighted by atomic mass is 79.9. The summed E-state index contributed by atoms with van der Waals surface area (Å²) in [5, 5.41) is 8.59. The summed E-state index contributed by atoms with van der Waals surface area (Å²) in [4.78, 5) is 13.8. The number of aromatic carboxylic acids is 1. The molecule has 8 heteroatoms. The highest BCUT2D eigenvalue weighted by Gasteiger charge is 2.35. The monoisotopic (exact) mass is 347 g/mol. The van der Waals surface area contributed by atoms with Crippen LogP contribution in [0.15, 0.2) is 15.1 Å². The van der Waals surface area contributed by atoms with Crippen molar-refractivity contribution >= 4 is 37.8 Å². The Balaban J connectivity index is 3.39. The highest BCUT2D eigenvalue weighted by molar-refractivity contribution is 9.11. The van der Waals surface area contributed by atoms with E-state index in [1.165, 1.54) is 0 Å². The van der Waals surface area contributed by atoms with E-state index in [9.17, 15) is 18.0 Å². The molecule has 0 fully saturated rings. The Hall–Kier alpha value is -0.630. The van der Waals surface area contributed by atoms with Crippen molar-refractivity contribution in [1.82, 2.24) is 4.98 Å². The number of nitrogens with zero attached hydrogens (tertiary/aromatic N) is 1. The van der Waals surface area contributed by atoms with Gasteiger partial charge >= 0.3 is 12.1 Å². The predicted molar refractivity (Wildman–Crippen MR) is 51.6 cm³/mol. The Labute approximate surface area is 98.6 Å². The third-order valence-corrected chi connectivity index (χ3v) is 2.65. The molecule has 0 aromatic carbocycles.